The first-order chi connectivity index (χ1) is 8.16. The highest BCUT2D eigenvalue weighted by molar-refractivity contribution is 6.29. The van der Waals surface area contributed by atoms with Crippen molar-refractivity contribution in [2.75, 3.05) is 0 Å². The van der Waals surface area contributed by atoms with Gasteiger partial charge in [0.05, 0.1) is 18.4 Å². The van der Waals surface area contributed by atoms with Crippen molar-refractivity contribution in [3.05, 3.63) is 29.1 Å². The smallest absolute Gasteiger partial charge is 0.272 e. The van der Waals surface area contributed by atoms with Crippen LogP contribution in [0, 0.1) is 0 Å². The van der Waals surface area contributed by atoms with Crippen LogP contribution >= 0.6 is 11.6 Å². The number of halogens is 1. The number of nitrogens with one attached hydrogen (secondary N) is 2. The van der Waals surface area contributed by atoms with Crippen LogP contribution in [0.15, 0.2) is 12.4 Å². The SMILES string of the molecule is CC(NC(=O)c1cncc(Cl)n1)c1nn[nH]n1. The molecule has 2 aromatic rings. The van der Waals surface area contributed by atoms with Gasteiger partial charge in [-0.3, -0.25) is 9.78 Å². The second kappa shape index (κ2) is 4.83. The lowest BCUT2D eigenvalue weighted by Gasteiger charge is -2.08. The lowest BCUT2D eigenvalue weighted by molar-refractivity contribution is 0.0933. The fraction of sp³-hybridized carbons (Fsp3) is 0.250. The molecule has 88 valence electrons. The molecule has 0 saturated heterocycles. The first kappa shape index (κ1) is 11.4. The number of hydrogen-bond donors (Lipinski definition) is 2. The molecule has 1 atom stereocenters. The van der Waals surface area contributed by atoms with E-state index in [0.29, 0.717) is 5.82 Å². The number of carbonyl (C=O) groups is 1. The summed E-state index contributed by atoms with van der Waals surface area (Å²) in [5, 5.41) is 16.0. The molecule has 0 saturated carbocycles. The van der Waals surface area contributed by atoms with Crippen molar-refractivity contribution in [1.29, 1.82) is 0 Å². The van der Waals surface area contributed by atoms with Gasteiger partial charge in [-0.15, -0.1) is 10.2 Å². The number of H-pyrrole nitrogens is 1. The minimum atomic E-state index is -0.405. The van der Waals surface area contributed by atoms with Crippen LogP contribution in [0.25, 0.3) is 0 Å². The van der Waals surface area contributed by atoms with Gasteiger partial charge in [0.1, 0.15) is 10.8 Å². The molecule has 0 spiro atoms. The van der Waals surface area contributed by atoms with Gasteiger partial charge in [0.2, 0.25) is 0 Å². The molecular formula is C8H8ClN7O. The Morgan fingerprint density at radius 3 is 3.00 bits per heavy atom. The van der Waals surface area contributed by atoms with Crippen molar-refractivity contribution >= 4 is 17.5 Å². The van der Waals surface area contributed by atoms with Crippen LogP contribution in [0.5, 0.6) is 0 Å². The molecule has 2 rings (SSSR count). The van der Waals surface area contributed by atoms with Crippen LogP contribution in [0.2, 0.25) is 5.15 Å². The largest absolute Gasteiger partial charge is 0.341 e. The molecule has 17 heavy (non-hydrogen) atoms. The summed E-state index contributed by atoms with van der Waals surface area (Å²) < 4.78 is 0. The second-order valence-electron chi connectivity index (χ2n) is 3.19. The molecule has 2 aromatic heterocycles. The Labute approximate surface area is 101 Å². The van der Waals surface area contributed by atoms with Crippen molar-refractivity contribution in [2.45, 2.75) is 13.0 Å². The maximum atomic E-state index is 11.7. The number of hydrogen-bond acceptors (Lipinski definition) is 6. The van der Waals surface area contributed by atoms with Crippen molar-refractivity contribution in [1.82, 2.24) is 35.9 Å². The highest BCUT2D eigenvalue weighted by atomic mass is 35.5. The lowest BCUT2D eigenvalue weighted by atomic mass is 10.3. The van der Waals surface area contributed by atoms with Gasteiger partial charge in [-0.05, 0) is 6.92 Å². The summed E-state index contributed by atoms with van der Waals surface area (Å²) in [7, 11) is 0. The van der Waals surface area contributed by atoms with Crippen LogP contribution < -0.4 is 5.32 Å². The van der Waals surface area contributed by atoms with E-state index < -0.39 is 5.91 Å². The summed E-state index contributed by atoms with van der Waals surface area (Å²) in [4.78, 5) is 19.3. The minimum Gasteiger partial charge on any atom is -0.341 e. The van der Waals surface area contributed by atoms with E-state index in [1.54, 1.807) is 6.92 Å². The Bertz CT molecular complexity index is 514. The van der Waals surface area contributed by atoms with E-state index in [0.717, 1.165) is 0 Å². The summed E-state index contributed by atoms with van der Waals surface area (Å²) in [6.45, 7) is 1.72. The summed E-state index contributed by atoms with van der Waals surface area (Å²) in [5.74, 6) is -0.0226. The van der Waals surface area contributed by atoms with Crippen LogP contribution in [0.1, 0.15) is 29.3 Å². The van der Waals surface area contributed by atoms with E-state index in [4.69, 9.17) is 11.6 Å². The standard InChI is InChI=1S/C8H8ClN7O/c1-4(7-13-15-16-14-7)11-8(17)5-2-10-3-6(9)12-5/h2-4H,1H3,(H,11,17)(H,13,14,15,16). The number of aromatic amines is 1. The van der Waals surface area contributed by atoms with Gasteiger partial charge in [-0.1, -0.05) is 16.8 Å². The van der Waals surface area contributed by atoms with Crippen LogP contribution in [0.3, 0.4) is 0 Å². The molecule has 9 heteroatoms. The summed E-state index contributed by atoms with van der Waals surface area (Å²) in [5.41, 5.74) is 0.132. The van der Waals surface area contributed by atoms with Crippen molar-refractivity contribution in [3.8, 4) is 0 Å². The van der Waals surface area contributed by atoms with Crippen molar-refractivity contribution < 1.29 is 4.79 Å². The molecular weight excluding hydrogens is 246 g/mol. The Hall–Kier alpha value is -2.09. The average Bonchev–Trinajstić information content (AvgIpc) is 2.82. The van der Waals surface area contributed by atoms with Crippen molar-refractivity contribution in [3.63, 3.8) is 0 Å². The third kappa shape index (κ3) is 2.72. The maximum absolute atomic E-state index is 11.7. The van der Waals surface area contributed by atoms with Gasteiger partial charge >= 0.3 is 0 Å². The third-order valence-corrected chi connectivity index (χ3v) is 2.12. The van der Waals surface area contributed by atoms with Gasteiger partial charge in [0.25, 0.3) is 5.91 Å². The highest BCUT2D eigenvalue weighted by Crippen LogP contribution is 2.06. The fourth-order valence-corrected chi connectivity index (χ4v) is 1.29. The molecule has 0 radical (unpaired) electrons. The molecule has 0 fully saturated rings. The normalized spacial score (nSPS) is 12.1. The minimum absolute atomic E-state index is 0.132. The molecule has 1 amide bonds. The molecule has 0 aliphatic carbocycles. The number of nitrogens with zero attached hydrogens (tertiary/aromatic N) is 5. The Kier molecular flexibility index (Phi) is 3.24. The van der Waals surface area contributed by atoms with E-state index in [1.165, 1.54) is 12.4 Å². The van der Waals surface area contributed by atoms with Gasteiger partial charge < -0.3 is 5.32 Å². The predicted octanol–water partition coefficient (Wildman–Crippen LogP) is 0.134. The van der Waals surface area contributed by atoms with Gasteiger partial charge in [-0.2, -0.15) is 5.21 Å². The Balaban J connectivity index is 2.07. The van der Waals surface area contributed by atoms with E-state index in [2.05, 4.69) is 35.9 Å². The molecule has 0 aromatic carbocycles. The monoisotopic (exact) mass is 253 g/mol. The van der Waals surface area contributed by atoms with Crippen molar-refractivity contribution in [2.24, 2.45) is 0 Å². The molecule has 2 N–H and O–H groups in total. The highest BCUT2D eigenvalue weighted by Gasteiger charge is 2.15. The molecule has 1 unspecified atom stereocenters. The topological polar surface area (TPSA) is 109 Å². The summed E-state index contributed by atoms with van der Waals surface area (Å²) in [6.07, 6.45) is 2.67. The molecule has 2 heterocycles. The van der Waals surface area contributed by atoms with Crippen LogP contribution in [-0.4, -0.2) is 36.5 Å². The number of rotatable bonds is 3. The van der Waals surface area contributed by atoms with Gasteiger partial charge in [-0.25, -0.2) is 4.98 Å². The zero-order chi connectivity index (χ0) is 12.3. The number of amides is 1. The number of carbonyl (C=O) groups excluding carboxylic acids is 1. The number of aromatic nitrogens is 6. The zero-order valence-electron chi connectivity index (χ0n) is 8.75. The predicted molar refractivity (Wildman–Crippen MR) is 57.1 cm³/mol. The zero-order valence-corrected chi connectivity index (χ0v) is 9.51. The maximum Gasteiger partial charge on any atom is 0.272 e. The van der Waals surface area contributed by atoms with E-state index in [-0.39, 0.29) is 16.9 Å². The molecule has 0 aliphatic rings. The third-order valence-electron chi connectivity index (χ3n) is 1.93. The first-order valence-electron chi connectivity index (χ1n) is 4.68. The summed E-state index contributed by atoms with van der Waals surface area (Å²) in [6, 6.07) is -0.387. The van der Waals surface area contributed by atoms with E-state index >= 15 is 0 Å². The summed E-state index contributed by atoms with van der Waals surface area (Å²) >= 11 is 5.63. The Morgan fingerprint density at radius 2 is 2.35 bits per heavy atom. The molecule has 0 aliphatic heterocycles. The van der Waals surface area contributed by atoms with E-state index in [1.807, 2.05) is 0 Å². The van der Waals surface area contributed by atoms with Crippen LogP contribution in [-0.2, 0) is 0 Å². The number of tetrazole rings is 1. The molecule has 0 bridgehead atoms. The average molecular weight is 254 g/mol. The second-order valence-corrected chi connectivity index (χ2v) is 3.58. The van der Waals surface area contributed by atoms with Gasteiger partial charge in [0.15, 0.2) is 5.82 Å². The lowest BCUT2D eigenvalue weighted by Crippen LogP contribution is -2.28. The quantitative estimate of drug-likeness (QED) is 0.805. The van der Waals surface area contributed by atoms with Crippen LogP contribution in [0.4, 0.5) is 0 Å². The molecule has 8 nitrogen and oxygen atoms in total. The first-order valence-corrected chi connectivity index (χ1v) is 5.06. The van der Waals surface area contributed by atoms with Gasteiger partial charge in [0, 0.05) is 0 Å². The Morgan fingerprint density at radius 1 is 1.53 bits per heavy atom. The fourth-order valence-electron chi connectivity index (χ4n) is 1.14. The van der Waals surface area contributed by atoms with E-state index in [9.17, 15) is 4.79 Å².